The van der Waals surface area contributed by atoms with E-state index in [1.165, 1.54) is 0 Å². The van der Waals surface area contributed by atoms with Gasteiger partial charge in [0.2, 0.25) is 5.88 Å². The van der Waals surface area contributed by atoms with Gasteiger partial charge in [0.1, 0.15) is 5.84 Å². The number of furan rings is 1. The van der Waals surface area contributed by atoms with Gasteiger partial charge < -0.3 is 14.6 Å². The highest BCUT2D eigenvalue weighted by Gasteiger charge is 2.24. The van der Waals surface area contributed by atoms with Gasteiger partial charge >= 0.3 is 0 Å². The molecular formula is C20H20N4O3S. The number of aryl methyl sites for hydroxylation is 1. The Labute approximate surface area is 163 Å². The topological polar surface area (TPSA) is 98.4 Å². The van der Waals surface area contributed by atoms with Gasteiger partial charge in [0.15, 0.2) is 0 Å². The fraction of sp³-hybridized carbons (Fsp3) is 0.150. The number of hydrogen-bond acceptors (Lipinski definition) is 5. The van der Waals surface area contributed by atoms with Gasteiger partial charge in [-0.3, -0.25) is 10.1 Å². The summed E-state index contributed by atoms with van der Waals surface area (Å²) in [7, 11) is -3.65. The molecule has 3 N–H and O–H groups in total. The maximum absolute atomic E-state index is 12.6. The lowest BCUT2D eigenvalue weighted by molar-refractivity contribution is 0.577. The molecule has 3 aromatic rings. The molecule has 1 aliphatic heterocycles. The number of sulfonamides is 1. The van der Waals surface area contributed by atoms with Crippen molar-refractivity contribution in [2.24, 2.45) is 0 Å². The number of nitrogens with zero attached hydrogens (tertiary/aromatic N) is 1. The SMILES string of the molecule is CCc1ccc(S(=O)(=O)Nc2ccc(N3CNc4occc4C3=N)cc2)cc1. The standard InChI is InChI=1S/C20H20N4O3S/c1-2-14-3-9-17(10-4-14)28(25,26)23-15-5-7-16(8-6-15)24-13-22-20-18(19(24)21)11-12-27-20/h3-12,21-23H,2,13H2,1H3. The minimum atomic E-state index is -3.65. The maximum Gasteiger partial charge on any atom is 0.261 e. The first kappa shape index (κ1) is 18.1. The van der Waals surface area contributed by atoms with Crippen molar-refractivity contribution in [1.29, 1.82) is 5.41 Å². The minimum absolute atomic E-state index is 0.225. The summed E-state index contributed by atoms with van der Waals surface area (Å²) in [5.41, 5.74) is 3.01. The number of nitrogens with one attached hydrogen (secondary N) is 3. The molecule has 0 atom stereocenters. The van der Waals surface area contributed by atoms with E-state index >= 15 is 0 Å². The molecule has 0 saturated carbocycles. The lowest BCUT2D eigenvalue weighted by Crippen LogP contribution is -2.39. The van der Waals surface area contributed by atoms with E-state index in [1.807, 2.05) is 19.1 Å². The molecule has 1 aromatic heterocycles. The zero-order valence-electron chi connectivity index (χ0n) is 15.3. The van der Waals surface area contributed by atoms with Crippen LogP contribution in [0.4, 0.5) is 17.3 Å². The molecule has 0 radical (unpaired) electrons. The van der Waals surface area contributed by atoms with Gasteiger partial charge in [-0.25, -0.2) is 8.42 Å². The van der Waals surface area contributed by atoms with Crippen molar-refractivity contribution in [3.63, 3.8) is 0 Å². The molecule has 144 valence electrons. The quantitative estimate of drug-likeness (QED) is 0.608. The molecule has 4 rings (SSSR count). The van der Waals surface area contributed by atoms with Crippen LogP contribution in [-0.2, 0) is 16.4 Å². The molecular weight excluding hydrogens is 376 g/mol. The van der Waals surface area contributed by atoms with E-state index in [0.29, 0.717) is 29.6 Å². The summed E-state index contributed by atoms with van der Waals surface area (Å²) in [6.07, 6.45) is 2.40. The molecule has 28 heavy (non-hydrogen) atoms. The van der Waals surface area contributed by atoms with Crippen LogP contribution in [0, 0.1) is 5.41 Å². The molecule has 1 aliphatic rings. The van der Waals surface area contributed by atoms with Crippen molar-refractivity contribution in [1.82, 2.24) is 0 Å². The van der Waals surface area contributed by atoms with Crippen LogP contribution in [0.2, 0.25) is 0 Å². The molecule has 7 nitrogen and oxygen atoms in total. The Morgan fingerprint density at radius 1 is 1.11 bits per heavy atom. The minimum Gasteiger partial charge on any atom is -0.448 e. The highest BCUT2D eigenvalue weighted by Crippen LogP contribution is 2.28. The molecule has 0 amide bonds. The first-order valence-electron chi connectivity index (χ1n) is 8.87. The van der Waals surface area contributed by atoms with Crippen molar-refractivity contribution >= 4 is 33.1 Å². The van der Waals surface area contributed by atoms with E-state index in [1.54, 1.807) is 53.6 Å². The van der Waals surface area contributed by atoms with Crippen molar-refractivity contribution in [3.8, 4) is 0 Å². The highest BCUT2D eigenvalue weighted by atomic mass is 32.2. The molecule has 0 unspecified atom stereocenters. The summed E-state index contributed by atoms with van der Waals surface area (Å²) in [5, 5.41) is 11.5. The molecule has 2 aromatic carbocycles. The van der Waals surface area contributed by atoms with Crippen molar-refractivity contribution < 1.29 is 12.8 Å². The Morgan fingerprint density at radius 3 is 2.50 bits per heavy atom. The van der Waals surface area contributed by atoms with E-state index in [9.17, 15) is 8.42 Å². The summed E-state index contributed by atoms with van der Waals surface area (Å²) in [6, 6.07) is 15.5. The second-order valence-corrected chi connectivity index (χ2v) is 8.11. The van der Waals surface area contributed by atoms with E-state index in [2.05, 4.69) is 10.0 Å². The lowest BCUT2D eigenvalue weighted by atomic mass is 10.2. The number of fused-ring (bicyclic) bond motifs is 1. The van der Waals surface area contributed by atoms with Crippen LogP contribution >= 0.6 is 0 Å². The van der Waals surface area contributed by atoms with Crippen LogP contribution in [0.1, 0.15) is 18.1 Å². The predicted octanol–water partition coefficient (Wildman–Crippen LogP) is 3.86. The zero-order valence-corrected chi connectivity index (χ0v) is 16.1. The van der Waals surface area contributed by atoms with Gasteiger partial charge in [-0.2, -0.15) is 0 Å². The highest BCUT2D eigenvalue weighted by molar-refractivity contribution is 7.92. The Bertz CT molecular complexity index is 1100. The van der Waals surface area contributed by atoms with Crippen LogP contribution in [0.5, 0.6) is 0 Å². The maximum atomic E-state index is 12.6. The Morgan fingerprint density at radius 2 is 1.82 bits per heavy atom. The smallest absolute Gasteiger partial charge is 0.261 e. The average Bonchev–Trinajstić information content (AvgIpc) is 3.19. The zero-order chi connectivity index (χ0) is 19.7. The van der Waals surface area contributed by atoms with E-state index in [4.69, 9.17) is 9.83 Å². The van der Waals surface area contributed by atoms with Gasteiger partial charge in [0.05, 0.1) is 23.4 Å². The molecule has 0 bridgehead atoms. The van der Waals surface area contributed by atoms with Gasteiger partial charge in [-0.1, -0.05) is 19.1 Å². The molecule has 0 aliphatic carbocycles. The van der Waals surface area contributed by atoms with Crippen molar-refractivity contribution in [2.75, 3.05) is 21.6 Å². The largest absolute Gasteiger partial charge is 0.448 e. The molecule has 0 spiro atoms. The molecule has 8 heteroatoms. The Hall–Kier alpha value is -3.26. The monoisotopic (exact) mass is 396 g/mol. The van der Waals surface area contributed by atoms with E-state index in [0.717, 1.165) is 17.7 Å². The number of rotatable bonds is 5. The van der Waals surface area contributed by atoms with Crippen LogP contribution < -0.4 is 14.9 Å². The van der Waals surface area contributed by atoms with Crippen LogP contribution in [-0.4, -0.2) is 20.9 Å². The average molecular weight is 396 g/mol. The van der Waals surface area contributed by atoms with Crippen LogP contribution in [0.3, 0.4) is 0 Å². The summed E-state index contributed by atoms with van der Waals surface area (Å²) < 4.78 is 33.0. The third kappa shape index (κ3) is 3.34. The molecule has 2 heterocycles. The number of amidine groups is 1. The number of benzene rings is 2. The number of hydrogen-bond donors (Lipinski definition) is 3. The van der Waals surface area contributed by atoms with Crippen molar-refractivity contribution in [2.45, 2.75) is 18.2 Å². The lowest BCUT2D eigenvalue weighted by Gasteiger charge is -2.29. The second kappa shape index (κ2) is 7.05. The molecule has 0 fully saturated rings. The third-order valence-electron chi connectivity index (χ3n) is 4.66. The first-order valence-corrected chi connectivity index (χ1v) is 10.4. The van der Waals surface area contributed by atoms with Gasteiger partial charge in [0, 0.05) is 11.4 Å². The van der Waals surface area contributed by atoms with Gasteiger partial charge in [-0.15, -0.1) is 0 Å². The van der Waals surface area contributed by atoms with Crippen LogP contribution in [0.15, 0.2) is 70.2 Å². The van der Waals surface area contributed by atoms with E-state index < -0.39 is 10.0 Å². The predicted molar refractivity (Wildman–Crippen MR) is 110 cm³/mol. The Balaban J connectivity index is 1.51. The summed E-state index contributed by atoms with van der Waals surface area (Å²) in [4.78, 5) is 2.00. The second-order valence-electron chi connectivity index (χ2n) is 6.42. The normalized spacial score (nSPS) is 13.8. The summed E-state index contributed by atoms with van der Waals surface area (Å²) in [5.74, 6) is 0.909. The Kier molecular flexibility index (Phi) is 4.56. The molecule has 0 saturated heterocycles. The van der Waals surface area contributed by atoms with Crippen LogP contribution in [0.25, 0.3) is 0 Å². The summed E-state index contributed by atoms with van der Waals surface area (Å²) in [6.45, 7) is 2.42. The number of anilines is 3. The van der Waals surface area contributed by atoms with E-state index in [-0.39, 0.29) is 4.90 Å². The fourth-order valence-corrected chi connectivity index (χ4v) is 4.11. The third-order valence-corrected chi connectivity index (χ3v) is 6.06. The first-order chi connectivity index (χ1) is 13.5. The van der Waals surface area contributed by atoms with Gasteiger partial charge in [0.25, 0.3) is 10.0 Å². The van der Waals surface area contributed by atoms with Gasteiger partial charge in [-0.05, 0) is 54.4 Å². The summed E-state index contributed by atoms with van der Waals surface area (Å²) >= 11 is 0. The fourth-order valence-electron chi connectivity index (χ4n) is 3.06. The van der Waals surface area contributed by atoms with Crippen molar-refractivity contribution in [3.05, 3.63) is 72.0 Å².